The van der Waals surface area contributed by atoms with Gasteiger partial charge in [0.2, 0.25) is 0 Å². The predicted molar refractivity (Wildman–Crippen MR) is 156 cm³/mol. The van der Waals surface area contributed by atoms with Crippen LogP contribution in [0.3, 0.4) is 0 Å². The molecule has 2 atom stereocenters. The number of rotatable bonds is 17. The van der Waals surface area contributed by atoms with Crippen LogP contribution in [0.15, 0.2) is 71.1 Å². The molecule has 1 N–H and O–H groups in total. The van der Waals surface area contributed by atoms with Gasteiger partial charge in [0.05, 0.1) is 74.4 Å². The molecule has 2 aromatic rings. The third-order valence-electron chi connectivity index (χ3n) is 6.74. The number of nitro benzene ring substituents is 1. The lowest BCUT2D eigenvalue weighted by atomic mass is 9.80. The van der Waals surface area contributed by atoms with Gasteiger partial charge in [-0.15, -0.1) is 0 Å². The average Bonchev–Trinajstić information content (AvgIpc) is 3.86. The van der Waals surface area contributed by atoms with E-state index in [9.17, 15) is 19.7 Å². The molecule has 2 aliphatic rings. The highest BCUT2D eigenvalue weighted by molar-refractivity contribution is 6.00. The lowest BCUT2D eigenvalue weighted by molar-refractivity contribution is -0.384. The molecule has 4 rings (SSSR count). The molecule has 0 aliphatic carbocycles. The zero-order chi connectivity index (χ0) is 31.5. The molecule has 2 unspecified atom stereocenters. The summed E-state index contributed by atoms with van der Waals surface area (Å²) < 4.78 is 38.2. The monoisotopic (exact) mass is 612 g/mol. The van der Waals surface area contributed by atoms with Crippen molar-refractivity contribution in [3.8, 4) is 11.5 Å². The van der Waals surface area contributed by atoms with Gasteiger partial charge in [-0.2, -0.15) is 0 Å². The first-order chi connectivity index (χ1) is 21.3. The summed E-state index contributed by atoms with van der Waals surface area (Å²) in [5, 5.41) is 14.6. The van der Waals surface area contributed by atoms with Gasteiger partial charge in [-0.05, 0) is 43.7 Å². The zero-order valence-electron chi connectivity index (χ0n) is 24.9. The minimum atomic E-state index is -0.984. The fraction of sp³-hybridized carbons (Fsp3) is 0.419. The fourth-order valence-corrected chi connectivity index (χ4v) is 4.59. The first-order valence-electron chi connectivity index (χ1n) is 14.2. The Morgan fingerprint density at radius 3 is 2.32 bits per heavy atom. The van der Waals surface area contributed by atoms with Gasteiger partial charge in [-0.3, -0.25) is 10.1 Å². The molecule has 2 aliphatic heterocycles. The second-order valence-electron chi connectivity index (χ2n) is 9.80. The quantitative estimate of drug-likeness (QED) is 0.0914. The summed E-state index contributed by atoms with van der Waals surface area (Å²) in [4.78, 5) is 37.0. The predicted octanol–water partition coefficient (Wildman–Crippen LogP) is 3.44. The van der Waals surface area contributed by atoms with E-state index in [1.54, 1.807) is 19.9 Å². The number of epoxide rings is 1. The maximum absolute atomic E-state index is 13.2. The van der Waals surface area contributed by atoms with Crippen molar-refractivity contribution in [2.75, 3.05) is 60.0 Å². The van der Waals surface area contributed by atoms with E-state index < -0.39 is 22.8 Å². The normalized spacial score (nSPS) is 17.5. The van der Waals surface area contributed by atoms with E-state index in [1.807, 2.05) is 24.3 Å². The SMILES string of the molecule is CCOC(=O)C1=C(COCCOCCOc2ccc(OCC3CO3)cc2)NC(C)=C(C(=O)OC)C1c1cccc([N+](=O)[O-])c1. The number of hydrogen-bond donors (Lipinski definition) is 1. The van der Waals surface area contributed by atoms with Crippen molar-refractivity contribution in [3.63, 3.8) is 0 Å². The Labute approximate surface area is 254 Å². The van der Waals surface area contributed by atoms with Crippen LogP contribution < -0.4 is 14.8 Å². The van der Waals surface area contributed by atoms with Gasteiger partial charge in [0.1, 0.15) is 30.8 Å². The number of nitrogens with one attached hydrogen (secondary N) is 1. The molecule has 236 valence electrons. The lowest BCUT2D eigenvalue weighted by Gasteiger charge is -2.31. The maximum Gasteiger partial charge on any atom is 0.336 e. The van der Waals surface area contributed by atoms with Gasteiger partial charge in [-0.25, -0.2) is 9.59 Å². The molecular weight excluding hydrogens is 576 g/mol. The summed E-state index contributed by atoms with van der Waals surface area (Å²) in [6.45, 7) is 5.77. The van der Waals surface area contributed by atoms with Crippen molar-refractivity contribution in [1.82, 2.24) is 5.32 Å². The second kappa shape index (κ2) is 15.8. The zero-order valence-corrected chi connectivity index (χ0v) is 24.9. The van der Waals surface area contributed by atoms with E-state index in [1.165, 1.54) is 25.3 Å². The molecule has 2 aromatic carbocycles. The number of benzene rings is 2. The first kappa shape index (κ1) is 32.5. The number of carbonyl (C=O) groups is 2. The Morgan fingerprint density at radius 2 is 1.66 bits per heavy atom. The van der Waals surface area contributed by atoms with Crippen LogP contribution in [0.4, 0.5) is 5.69 Å². The summed E-state index contributed by atoms with van der Waals surface area (Å²) in [5.41, 5.74) is 1.20. The Hall–Kier alpha value is -4.46. The smallest absolute Gasteiger partial charge is 0.336 e. The molecule has 0 aromatic heterocycles. The molecule has 44 heavy (non-hydrogen) atoms. The number of nitrogens with zero attached hydrogens (tertiary/aromatic N) is 1. The number of non-ortho nitro benzene ring substituents is 1. The van der Waals surface area contributed by atoms with E-state index in [2.05, 4.69) is 5.32 Å². The molecule has 1 fully saturated rings. The van der Waals surface area contributed by atoms with Gasteiger partial charge < -0.3 is 38.5 Å². The molecule has 1 saturated heterocycles. The topological polar surface area (TPSA) is 157 Å². The van der Waals surface area contributed by atoms with Gasteiger partial charge in [-0.1, -0.05) is 12.1 Å². The molecule has 13 heteroatoms. The Kier molecular flexibility index (Phi) is 11.7. The minimum absolute atomic E-state index is 0.0352. The van der Waals surface area contributed by atoms with Gasteiger partial charge >= 0.3 is 11.9 Å². The standard InChI is InChI=1S/C31H36N2O11/c1-4-41-31(35)29-26(32-20(2)27(30(34)38-3)28(29)21-6-5-7-22(16-21)33(36)37)19-40-13-12-39-14-15-42-23-8-10-24(11-9-23)43-17-25-18-44-25/h5-11,16,25,28,32H,4,12-15,17-19H2,1-3H3. The third-order valence-corrected chi connectivity index (χ3v) is 6.74. The van der Waals surface area contributed by atoms with E-state index in [4.69, 9.17) is 33.2 Å². The van der Waals surface area contributed by atoms with Crippen LogP contribution in [-0.4, -0.2) is 82.9 Å². The summed E-state index contributed by atoms with van der Waals surface area (Å²) in [6.07, 6.45) is 0.195. The van der Waals surface area contributed by atoms with Crippen molar-refractivity contribution in [2.24, 2.45) is 0 Å². The Morgan fingerprint density at radius 1 is 0.977 bits per heavy atom. The molecular formula is C31H36N2O11. The van der Waals surface area contributed by atoms with Crippen molar-refractivity contribution < 1.29 is 47.7 Å². The number of hydrogen-bond acceptors (Lipinski definition) is 12. The second-order valence-corrected chi connectivity index (χ2v) is 9.80. The van der Waals surface area contributed by atoms with Crippen LogP contribution in [0.5, 0.6) is 11.5 Å². The summed E-state index contributed by atoms with van der Waals surface area (Å²) >= 11 is 0. The Balaban J connectivity index is 1.35. The molecule has 0 spiro atoms. The number of nitro groups is 1. The molecule has 0 radical (unpaired) electrons. The molecule has 0 amide bonds. The van der Waals surface area contributed by atoms with Crippen LogP contribution in [-0.2, 0) is 33.3 Å². The van der Waals surface area contributed by atoms with Gasteiger partial charge in [0, 0.05) is 17.8 Å². The highest BCUT2D eigenvalue weighted by atomic mass is 16.6. The number of allylic oxidation sites excluding steroid dienone is 1. The highest BCUT2D eigenvalue weighted by Gasteiger charge is 2.39. The van der Waals surface area contributed by atoms with E-state index in [0.717, 1.165) is 12.4 Å². The summed E-state index contributed by atoms with van der Waals surface area (Å²) in [7, 11) is 1.22. The van der Waals surface area contributed by atoms with Gasteiger partial charge in [0.15, 0.2) is 0 Å². The summed E-state index contributed by atoms with van der Waals surface area (Å²) in [5.74, 6) is -0.915. The van der Waals surface area contributed by atoms with E-state index in [-0.39, 0.29) is 49.4 Å². The molecule has 2 heterocycles. The average molecular weight is 613 g/mol. The van der Waals surface area contributed by atoms with Crippen LogP contribution in [0.25, 0.3) is 0 Å². The largest absolute Gasteiger partial charge is 0.491 e. The highest BCUT2D eigenvalue weighted by Crippen LogP contribution is 2.40. The maximum atomic E-state index is 13.2. The van der Waals surface area contributed by atoms with Crippen molar-refractivity contribution in [2.45, 2.75) is 25.9 Å². The van der Waals surface area contributed by atoms with Crippen LogP contribution >= 0.6 is 0 Å². The fourth-order valence-electron chi connectivity index (χ4n) is 4.59. The number of dihydropyridines is 1. The van der Waals surface area contributed by atoms with Crippen LogP contribution in [0, 0.1) is 10.1 Å². The van der Waals surface area contributed by atoms with Crippen molar-refractivity contribution in [3.05, 3.63) is 86.7 Å². The number of ether oxygens (including phenoxy) is 7. The van der Waals surface area contributed by atoms with Crippen LogP contribution in [0.1, 0.15) is 25.3 Å². The van der Waals surface area contributed by atoms with E-state index >= 15 is 0 Å². The Bertz CT molecular complexity index is 1380. The summed E-state index contributed by atoms with van der Waals surface area (Å²) in [6, 6.07) is 13.1. The first-order valence-corrected chi connectivity index (χ1v) is 14.2. The molecule has 0 saturated carbocycles. The minimum Gasteiger partial charge on any atom is -0.491 e. The molecule has 13 nitrogen and oxygen atoms in total. The number of carbonyl (C=O) groups excluding carboxylic acids is 2. The molecule has 0 bridgehead atoms. The number of methoxy groups -OCH3 is 1. The lowest BCUT2D eigenvalue weighted by Crippen LogP contribution is -2.34. The number of esters is 2. The van der Waals surface area contributed by atoms with E-state index in [0.29, 0.717) is 42.5 Å². The van der Waals surface area contributed by atoms with Crippen LogP contribution in [0.2, 0.25) is 0 Å². The van der Waals surface area contributed by atoms with Crippen molar-refractivity contribution in [1.29, 1.82) is 0 Å². The third kappa shape index (κ3) is 8.78. The van der Waals surface area contributed by atoms with Crippen molar-refractivity contribution >= 4 is 17.6 Å². The van der Waals surface area contributed by atoms with Gasteiger partial charge in [0.25, 0.3) is 5.69 Å².